The minimum absolute atomic E-state index is 0. The molecule has 0 aliphatic carbocycles. The number of benzene rings is 1. The van der Waals surface area contributed by atoms with Crippen LogP contribution in [0.3, 0.4) is 0 Å². The third-order valence-corrected chi connectivity index (χ3v) is 5.12. The van der Waals surface area contributed by atoms with Crippen LogP contribution in [0.4, 0.5) is 4.79 Å². The van der Waals surface area contributed by atoms with Gasteiger partial charge in [0.2, 0.25) is 0 Å². The number of rotatable bonds is 13. The molecule has 0 saturated carbocycles. The van der Waals surface area contributed by atoms with Crippen molar-refractivity contribution in [2.45, 2.75) is 60.0 Å². The summed E-state index contributed by atoms with van der Waals surface area (Å²) in [4.78, 5) is 59.5. The van der Waals surface area contributed by atoms with Crippen LogP contribution in [0.2, 0.25) is 0 Å². The summed E-state index contributed by atoms with van der Waals surface area (Å²) in [7, 11) is 6.25. The van der Waals surface area contributed by atoms with E-state index in [1.165, 1.54) is 34.6 Å². The molecule has 0 saturated heterocycles. The van der Waals surface area contributed by atoms with Gasteiger partial charge in [-0.15, -0.1) is 0 Å². The first-order chi connectivity index (χ1) is 17.0. The number of ether oxygens (including phenoxy) is 5. The fourth-order valence-electron chi connectivity index (χ4n) is 2.83. The molecule has 3 atom stereocenters. The summed E-state index contributed by atoms with van der Waals surface area (Å²) < 4.78 is 25.9. The summed E-state index contributed by atoms with van der Waals surface area (Å²) >= 11 is 0. The lowest BCUT2D eigenvalue weighted by Crippen LogP contribution is -3.00. The van der Waals surface area contributed by atoms with Crippen LogP contribution in [0.5, 0.6) is 0 Å². The van der Waals surface area contributed by atoms with Crippen molar-refractivity contribution in [2.24, 2.45) is 5.41 Å². The van der Waals surface area contributed by atoms with E-state index in [-0.39, 0.29) is 24.8 Å². The number of hydrogen-bond donors (Lipinski definition) is 0. The highest BCUT2D eigenvalue weighted by Gasteiger charge is 2.39. The Kier molecular flexibility index (Phi) is 14.0. The quantitative estimate of drug-likeness (QED) is 0.178. The predicted octanol–water partition coefficient (Wildman–Crippen LogP) is -0.428. The highest BCUT2D eigenvalue weighted by molar-refractivity contribution is 5.84. The molecule has 1 aromatic rings. The molecule has 3 unspecified atom stereocenters. The second-order valence-electron chi connectivity index (χ2n) is 10.2. The number of carbonyl (C=O) groups is 5. The fraction of sp³-hybridized carbons (Fsp3) is 0.577. The summed E-state index contributed by atoms with van der Waals surface area (Å²) in [6.45, 7) is 6.29. The minimum Gasteiger partial charge on any atom is -1.00 e. The Morgan fingerprint density at radius 2 is 1.34 bits per heavy atom. The van der Waals surface area contributed by atoms with E-state index >= 15 is 0 Å². The van der Waals surface area contributed by atoms with Gasteiger partial charge in [-0.2, -0.15) is 0 Å². The molecule has 0 bridgehead atoms. The van der Waals surface area contributed by atoms with Gasteiger partial charge in [0.05, 0.1) is 21.1 Å². The molecule has 214 valence electrons. The number of halogens is 1. The Morgan fingerprint density at radius 3 is 1.84 bits per heavy atom. The van der Waals surface area contributed by atoms with Crippen LogP contribution in [0.25, 0.3) is 0 Å². The van der Waals surface area contributed by atoms with Gasteiger partial charge in [-0.3, -0.25) is 14.4 Å². The minimum atomic E-state index is -1.54. The second kappa shape index (κ2) is 15.3. The molecule has 1 aromatic carbocycles. The van der Waals surface area contributed by atoms with Crippen molar-refractivity contribution >= 4 is 29.8 Å². The average Bonchev–Trinajstić information content (AvgIpc) is 2.79. The molecular weight excluding hydrogens is 522 g/mol. The van der Waals surface area contributed by atoms with Crippen molar-refractivity contribution in [3.8, 4) is 0 Å². The first-order valence-corrected chi connectivity index (χ1v) is 11.8. The van der Waals surface area contributed by atoms with E-state index in [0.29, 0.717) is 0 Å². The van der Waals surface area contributed by atoms with Crippen LogP contribution in [0.15, 0.2) is 24.3 Å². The van der Waals surface area contributed by atoms with E-state index in [0.717, 1.165) is 22.2 Å². The zero-order valence-corrected chi connectivity index (χ0v) is 24.0. The first-order valence-electron chi connectivity index (χ1n) is 11.8. The lowest BCUT2D eigenvalue weighted by Gasteiger charge is -2.26. The lowest BCUT2D eigenvalue weighted by molar-refractivity contribution is -0.884. The zero-order valence-electron chi connectivity index (χ0n) is 23.2. The van der Waals surface area contributed by atoms with Crippen LogP contribution < -0.4 is 12.4 Å². The predicted molar refractivity (Wildman–Crippen MR) is 131 cm³/mol. The monoisotopic (exact) mass is 559 g/mol. The van der Waals surface area contributed by atoms with Gasteiger partial charge in [-0.25, -0.2) is 9.59 Å². The second-order valence-corrected chi connectivity index (χ2v) is 10.2. The Hall–Kier alpha value is -3.18. The van der Waals surface area contributed by atoms with Gasteiger partial charge >= 0.3 is 24.1 Å². The maximum atomic E-state index is 12.9. The SMILES string of the molecule is CC(=O)OCC(C)(COC(=O)OC(C)C(=O)OC(C)C(C)=O)C(=O)OCc1ccc(C[N+](C)(C)C)cc1.[Cl-]. The van der Waals surface area contributed by atoms with E-state index in [1.807, 2.05) is 24.3 Å². The van der Waals surface area contributed by atoms with Crippen LogP contribution in [0.1, 0.15) is 45.7 Å². The number of carbonyl (C=O) groups excluding carboxylic acids is 5. The van der Waals surface area contributed by atoms with E-state index in [2.05, 4.69) is 21.1 Å². The van der Waals surface area contributed by atoms with Crippen molar-refractivity contribution in [1.82, 2.24) is 0 Å². The van der Waals surface area contributed by atoms with Gasteiger partial charge in [-0.1, -0.05) is 24.3 Å². The number of hydrogen-bond acceptors (Lipinski definition) is 10. The zero-order chi connectivity index (χ0) is 28.4. The van der Waals surface area contributed by atoms with Crippen LogP contribution in [-0.2, 0) is 56.0 Å². The average molecular weight is 560 g/mol. The van der Waals surface area contributed by atoms with Gasteiger partial charge < -0.3 is 40.6 Å². The van der Waals surface area contributed by atoms with E-state index in [1.54, 1.807) is 0 Å². The molecule has 11 nitrogen and oxygen atoms in total. The normalized spacial score (nSPS) is 14.0. The molecule has 0 aliphatic heterocycles. The maximum Gasteiger partial charge on any atom is 0.509 e. The molecule has 0 aromatic heterocycles. The largest absolute Gasteiger partial charge is 1.00 e. The first kappa shape index (κ1) is 34.8. The number of esters is 3. The molecule has 0 N–H and O–H groups in total. The van der Waals surface area contributed by atoms with Crippen molar-refractivity contribution in [2.75, 3.05) is 34.4 Å². The van der Waals surface area contributed by atoms with Crippen molar-refractivity contribution < 1.29 is 64.5 Å². The van der Waals surface area contributed by atoms with Crippen LogP contribution in [0, 0.1) is 5.41 Å². The van der Waals surface area contributed by atoms with Gasteiger partial charge in [-0.05, 0) is 33.3 Å². The summed E-state index contributed by atoms with van der Waals surface area (Å²) in [5, 5.41) is 0. The Labute approximate surface area is 229 Å². The number of Topliss-reactive ketones (excluding diaryl/α,β-unsaturated/α-hetero) is 1. The van der Waals surface area contributed by atoms with E-state index in [9.17, 15) is 24.0 Å². The maximum absolute atomic E-state index is 12.9. The Balaban J connectivity index is 0.0000137. The highest BCUT2D eigenvalue weighted by Crippen LogP contribution is 2.22. The van der Waals surface area contributed by atoms with Gasteiger partial charge in [0, 0.05) is 12.5 Å². The highest BCUT2D eigenvalue weighted by atomic mass is 35.5. The number of quaternary nitrogens is 1. The Bertz CT molecular complexity index is 973. The topological polar surface area (TPSA) is 132 Å². The third-order valence-electron chi connectivity index (χ3n) is 5.12. The molecular formula is C26H38ClNO10. The van der Waals surface area contributed by atoms with E-state index < -0.39 is 54.9 Å². The number of nitrogens with zero attached hydrogens (tertiary/aromatic N) is 1. The molecule has 0 spiro atoms. The molecule has 0 heterocycles. The van der Waals surface area contributed by atoms with Gasteiger partial charge in [0.15, 0.2) is 18.0 Å². The molecule has 0 amide bonds. The number of ketones is 1. The smallest absolute Gasteiger partial charge is 0.509 e. The summed E-state index contributed by atoms with van der Waals surface area (Å²) in [5.41, 5.74) is 0.338. The fourth-order valence-corrected chi connectivity index (χ4v) is 2.83. The molecule has 38 heavy (non-hydrogen) atoms. The van der Waals surface area contributed by atoms with Crippen molar-refractivity contribution in [1.29, 1.82) is 0 Å². The summed E-state index contributed by atoms with van der Waals surface area (Å²) in [5.74, 6) is -2.71. The molecule has 1 rings (SSSR count). The third kappa shape index (κ3) is 12.9. The van der Waals surface area contributed by atoms with E-state index in [4.69, 9.17) is 23.7 Å². The summed E-state index contributed by atoms with van der Waals surface area (Å²) in [6.07, 6.45) is -3.61. The van der Waals surface area contributed by atoms with Gasteiger partial charge in [0.25, 0.3) is 0 Å². The molecule has 0 aliphatic rings. The molecule has 12 heteroatoms. The summed E-state index contributed by atoms with van der Waals surface area (Å²) in [6, 6.07) is 7.60. The molecule has 0 radical (unpaired) electrons. The molecule has 0 fully saturated rings. The van der Waals surface area contributed by atoms with Crippen LogP contribution >= 0.6 is 0 Å². The van der Waals surface area contributed by atoms with Gasteiger partial charge in [0.1, 0.15) is 31.8 Å². The Morgan fingerprint density at radius 1 is 0.816 bits per heavy atom. The van der Waals surface area contributed by atoms with Crippen molar-refractivity contribution in [3.63, 3.8) is 0 Å². The van der Waals surface area contributed by atoms with Crippen molar-refractivity contribution in [3.05, 3.63) is 35.4 Å². The standard InChI is InChI=1S/C26H38NO10.ClH/c1-17(28)18(2)36-23(30)19(3)37-25(32)35-16-26(5,15-34-20(4)29)24(31)33-14-22-11-9-21(10-12-22)13-27(6,7)8;/h9-12,18-19H,13-16H2,1-8H3;1H/q+1;/p-1. The lowest BCUT2D eigenvalue weighted by atomic mass is 9.93. The van der Waals surface area contributed by atoms with Crippen LogP contribution in [-0.4, -0.2) is 80.9 Å².